The summed E-state index contributed by atoms with van der Waals surface area (Å²) >= 11 is 0. The fourth-order valence-electron chi connectivity index (χ4n) is 3.61. The van der Waals surface area contributed by atoms with Crippen LogP contribution in [0.25, 0.3) is 0 Å². The second kappa shape index (κ2) is 6.13. The van der Waals surface area contributed by atoms with Crippen molar-refractivity contribution in [3.05, 3.63) is 35.4 Å². The number of ether oxygens (including phenoxy) is 1. The molecule has 4 unspecified atom stereocenters. The van der Waals surface area contributed by atoms with E-state index in [2.05, 4.69) is 35.1 Å². The standard InChI is InChI=1S/C16H23N3O2/c1-21-12-6-7-13-14(8-12)15(18-19-16(13)20)11-4-2-10(9-17)3-5-11/h2-5,12-15,18H,6-9,17H2,1H3,(H,19,20). The largest absolute Gasteiger partial charge is 0.381 e. The summed E-state index contributed by atoms with van der Waals surface area (Å²) in [6.45, 7) is 0.549. The van der Waals surface area contributed by atoms with Crippen LogP contribution in [-0.2, 0) is 16.1 Å². The van der Waals surface area contributed by atoms with E-state index in [9.17, 15) is 4.79 Å². The molecule has 1 aliphatic heterocycles. The zero-order valence-corrected chi connectivity index (χ0v) is 12.3. The number of amides is 1. The maximum absolute atomic E-state index is 12.1. The van der Waals surface area contributed by atoms with Crippen molar-refractivity contribution in [2.24, 2.45) is 17.6 Å². The average Bonchev–Trinajstić information content (AvgIpc) is 2.55. The van der Waals surface area contributed by atoms with E-state index in [1.165, 1.54) is 5.56 Å². The molecule has 3 rings (SSSR count). The molecule has 1 aliphatic carbocycles. The van der Waals surface area contributed by atoms with Gasteiger partial charge in [0.25, 0.3) is 0 Å². The van der Waals surface area contributed by atoms with Gasteiger partial charge < -0.3 is 10.5 Å². The highest BCUT2D eigenvalue weighted by atomic mass is 16.5. The lowest BCUT2D eigenvalue weighted by atomic mass is 9.71. The van der Waals surface area contributed by atoms with E-state index in [-0.39, 0.29) is 29.9 Å². The van der Waals surface area contributed by atoms with Crippen molar-refractivity contribution in [1.29, 1.82) is 0 Å². The highest BCUT2D eigenvalue weighted by molar-refractivity contribution is 5.79. The Morgan fingerprint density at radius 1 is 1.29 bits per heavy atom. The summed E-state index contributed by atoms with van der Waals surface area (Å²) in [5, 5.41) is 0. The molecule has 1 amide bonds. The zero-order valence-electron chi connectivity index (χ0n) is 12.3. The molecule has 1 aromatic rings. The number of nitrogens with two attached hydrogens (primary N) is 1. The predicted molar refractivity (Wildman–Crippen MR) is 80.0 cm³/mol. The monoisotopic (exact) mass is 289 g/mol. The molecule has 5 heteroatoms. The number of nitrogens with one attached hydrogen (secondary N) is 2. The smallest absolute Gasteiger partial charge is 0.237 e. The Labute approximate surface area is 125 Å². The molecule has 1 aromatic carbocycles. The number of carbonyl (C=O) groups is 1. The van der Waals surface area contributed by atoms with E-state index in [0.29, 0.717) is 6.54 Å². The van der Waals surface area contributed by atoms with Crippen molar-refractivity contribution >= 4 is 5.91 Å². The molecule has 1 heterocycles. The van der Waals surface area contributed by atoms with Gasteiger partial charge in [0.1, 0.15) is 0 Å². The summed E-state index contributed by atoms with van der Waals surface area (Å²) in [6.07, 6.45) is 3.04. The third kappa shape index (κ3) is 2.81. The Morgan fingerprint density at radius 2 is 2.05 bits per heavy atom. The maximum atomic E-state index is 12.1. The number of fused-ring (bicyclic) bond motifs is 1. The normalized spacial score (nSPS) is 32.4. The number of methoxy groups -OCH3 is 1. The summed E-state index contributed by atoms with van der Waals surface area (Å²) in [5.41, 5.74) is 14.0. The van der Waals surface area contributed by atoms with Gasteiger partial charge in [0.15, 0.2) is 0 Å². The van der Waals surface area contributed by atoms with Crippen LogP contribution in [0.4, 0.5) is 0 Å². The lowest BCUT2D eigenvalue weighted by Crippen LogP contribution is -2.56. The van der Waals surface area contributed by atoms with E-state index in [1.807, 2.05) is 0 Å². The minimum atomic E-state index is 0.0804. The van der Waals surface area contributed by atoms with E-state index in [0.717, 1.165) is 24.8 Å². The topological polar surface area (TPSA) is 76.4 Å². The van der Waals surface area contributed by atoms with Crippen LogP contribution in [0.2, 0.25) is 0 Å². The first-order valence-electron chi connectivity index (χ1n) is 7.60. The zero-order chi connectivity index (χ0) is 14.8. The molecular formula is C16H23N3O2. The van der Waals surface area contributed by atoms with Crippen LogP contribution in [-0.4, -0.2) is 19.1 Å². The van der Waals surface area contributed by atoms with Crippen molar-refractivity contribution < 1.29 is 9.53 Å². The molecule has 2 aliphatic rings. The molecule has 0 spiro atoms. The molecule has 0 radical (unpaired) electrons. The van der Waals surface area contributed by atoms with Crippen LogP contribution in [0, 0.1) is 11.8 Å². The van der Waals surface area contributed by atoms with Crippen LogP contribution in [0.15, 0.2) is 24.3 Å². The van der Waals surface area contributed by atoms with E-state index >= 15 is 0 Å². The highest BCUT2D eigenvalue weighted by Crippen LogP contribution is 2.41. The van der Waals surface area contributed by atoms with Crippen LogP contribution in [0.3, 0.4) is 0 Å². The Bertz CT molecular complexity index is 503. The number of hydrogen-bond donors (Lipinski definition) is 3. The first-order chi connectivity index (χ1) is 10.2. The van der Waals surface area contributed by atoms with Crippen molar-refractivity contribution in [2.45, 2.75) is 38.0 Å². The van der Waals surface area contributed by atoms with Gasteiger partial charge in [-0.3, -0.25) is 10.2 Å². The summed E-state index contributed by atoms with van der Waals surface area (Å²) < 4.78 is 5.52. The van der Waals surface area contributed by atoms with Gasteiger partial charge in [-0.1, -0.05) is 24.3 Å². The maximum Gasteiger partial charge on any atom is 0.237 e. The first-order valence-corrected chi connectivity index (χ1v) is 7.60. The first kappa shape index (κ1) is 14.5. The van der Waals surface area contributed by atoms with Crippen LogP contribution in [0.5, 0.6) is 0 Å². The SMILES string of the molecule is COC1CCC2C(=O)NNC(c3ccc(CN)cc3)C2C1. The van der Waals surface area contributed by atoms with E-state index in [1.54, 1.807) is 7.11 Å². The number of hydrogen-bond acceptors (Lipinski definition) is 4. The van der Waals surface area contributed by atoms with Crippen LogP contribution < -0.4 is 16.6 Å². The fraction of sp³-hybridized carbons (Fsp3) is 0.562. The fourth-order valence-corrected chi connectivity index (χ4v) is 3.61. The summed E-state index contributed by atoms with van der Waals surface area (Å²) in [5.74, 6) is 0.474. The molecule has 2 fully saturated rings. The Morgan fingerprint density at radius 3 is 2.71 bits per heavy atom. The third-order valence-electron chi connectivity index (χ3n) is 4.88. The van der Waals surface area contributed by atoms with Gasteiger partial charge in [-0.2, -0.15) is 0 Å². The molecule has 1 saturated heterocycles. The summed E-state index contributed by atoms with van der Waals surface area (Å²) in [6, 6.07) is 8.45. The minimum absolute atomic E-state index is 0.0804. The molecule has 5 nitrogen and oxygen atoms in total. The van der Waals surface area contributed by atoms with Crippen molar-refractivity contribution in [1.82, 2.24) is 10.9 Å². The lowest BCUT2D eigenvalue weighted by molar-refractivity contribution is -0.135. The van der Waals surface area contributed by atoms with Gasteiger partial charge in [-0.15, -0.1) is 0 Å². The van der Waals surface area contributed by atoms with Crippen molar-refractivity contribution in [3.8, 4) is 0 Å². The number of carbonyl (C=O) groups excluding carboxylic acids is 1. The molecule has 114 valence electrons. The molecular weight excluding hydrogens is 266 g/mol. The van der Waals surface area contributed by atoms with Gasteiger partial charge in [0.05, 0.1) is 12.1 Å². The number of hydrazine groups is 1. The Hall–Kier alpha value is -1.43. The van der Waals surface area contributed by atoms with Crippen molar-refractivity contribution in [2.75, 3.05) is 7.11 Å². The van der Waals surface area contributed by atoms with Gasteiger partial charge >= 0.3 is 0 Å². The van der Waals surface area contributed by atoms with E-state index in [4.69, 9.17) is 10.5 Å². The molecule has 4 N–H and O–H groups in total. The summed E-state index contributed by atoms with van der Waals surface area (Å²) in [7, 11) is 1.76. The molecule has 4 atom stereocenters. The quantitative estimate of drug-likeness (QED) is 0.783. The molecule has 0 bridgehead atoms. The van der Waals surface area contributed by atoms with Crippen LogP contribution >= 0.6 is 0 Å². The van der Waals surface area contributed by atoms with Gasteiger partial charge in [0, 0.05) is 19.6 Å². The second-order valence-corrected chi connectivity index (χ2v) is 6.00. The number of benzene rings is 1. The van der Waals surface area contributed by atoms with E-state index < -0.39 is 0 Å². The van der Waals surface area contributed by atoms with Gasteiger partial charge in [-0.05, 0) is 36.3 Å². The molecule has 21 heavy (non-hydrogen) atoms. The third-order valence-corrected chi connectivity index (χ3v) is 4.88. The van der Waals surface area contributed by atoms with Gasteiger partial charge in [-0.25, -0.2) is 5.43 Å². The molecule has 0 aromatic heterocycles. The predicted octanol–water partition coefficient (Wildman–Crippen LogP) is 1.25. The van der Waals surface area contributed by atoms with Gasteiger partial charge in [0.2, 0.25) is 5.91 Å². The number of rotatable bonds is 3. The van der Waals surface area contributed by atoms with Crippen molar-refractivity contribution in [3.63, 3.8) is 0 Å². The Balaban J connectivity index is 1.83. The highest BCUT2D eigenvalue weighted by Gasteiger charge is 2.43. The average molecular weight is 289 g/mol. The Kier molecular flexibility index (Phi) is 4.24. The van der Waals surface area contributed by atoms with Crippen LogP contribution in [0.1, 0.15) is 36.4 Å². The minimum Gasteiger partial charge on any atom is -0.381 e. The lowest BCUT2D eigenvalue weighted by Gasteiger charge is -2.43. The summed E-state index contributed by atoms with van der Waals surface area (Å²) in [4.78, 5) is 12.1. The molecule has 1 saturated carbocycles. The second-order valence-electron chi connectivity index (χ2n) is 6.00.